The van der Waals surface area contributed by atoms with Gasteiger partial charge in [-0.3, -0.25) is 9.59 Å². The Labute approximate surface area is 244 Å². The number of hydrogen-bond acceptors (Lipinski definition) is 5. The highest BCUT2D eigenvalue weighted by Crippen LogP contribution is 2.44. The highest BCUT2D eigenvalue weighted by Gasteiger charge is 2.52. The van der Waals surface area contributed by atoms with Crippen LogP contribution in [-0.4, -0.2) is 89.5 Å². The molecule has 0 aliphatic carbocycles. The van der Waals surface area contributed by atoms with E-state index in [4.69, 9.17) is 0 Å². The lowest BCUT2D eigenvalue weighted by Crippen LogP contribution is -2.55. The van der Waals surface area contributed by atoms with Crippen LogP contribution in [0.25, 0.3) is 0 Å². The van der Waals surface area contributed by atoms with E-state index in [1.807, 2.05) is 4.90 Å². The quantitative estimate of drug-likeness (QED) is 0.241. The first-order chi connectivity index (χ1) is 20.0. The van der Waals surface area contributed by atoms with Gasteiger partial charge in [0, 0.05) is 37.0 Å². The Morgan fingerprint density at radius 1 is 0.929 bits per heavy atom. The van der Waals surface area contributed by atoms with Crippen molar-refractivity contribution < 1.29 is 32.3 Å². The van der Waals surface area contributed by atoms with E-state index in [9.17, 15) is 32.3 Å². The van der Waals surface area contributed by atoms with E-state index < -0.39 is 41.7 Å². The lowest BCUT2D eigenvalue weighted by molar-refractivity contribution is -0.185. The van der Waals surface area contributed by atoms with Crippen molar-refractivity contribution in [2.45, 2.75) is 57.2 Å². The molecule has 2 aromatic carbocycles. The summed E-state index contributed by atoms with van der Waals surface area (Å²) in [6, 6.07) is 8.59. The van der Waals surface area contributed by atoms with Crippen LogP contribution in [0.3, 0.4) is 0 Å². The summed E-state index contributed by atoms with van der Waals surface area (Å²) < 4.78 is 56.8. The van der Waals surface area contributed by atoms with Gasteiger partial charge >= 0.3 is 6.18 Å². The number of benzene rings is 2. The van der Waals surface area contributed by atoms with E-state index in [1.165, 1.54) is 30.7 Å². The Morgan fingerprint density at radius 3 is 2.29 bits per heavy atom. The Balaban J connectivity index is 1.51. The maximum atomic E-state index is 14.9. The molecule has 5 rings (SSSR count). The SMILES string of the molecule is Cc1c(F)cccc1[C@@H]1[C@@H](C(=O)c2cccc(O)c2)CN(CCCCN2CCC2)C[C@H]1C(=O)N1CCC[C@H]1C(F)(F)F. The van der Waals surface area contributed by atoms with E-state index in [0.717, 1.165) is 37.4 Å². The molecule has 3 fully saturated rings. The minimum absolute atomic E-state index is 0.00459. The predicted molar refractivity (Wildman–Crippen MR) is 151 cm³/mol. The number of halogens is 4. The standard InChI is InChI=1S/C32H39F4N3O3/c1-21-24(10-5-11-27(21)33)29-25(30(41)22-8-4-9-23(40)18-22)19-38(14-3-2-13-37-15-7-16-37)20-26(29)31(42)39-17-6-12-28(39)32(34,35)36/h4-5,8-11,18,25-26,28-29,40H,2-3,6-7,12-17,19-20H2,1H3/t25-,26+,28-,29+/m0/s1. The smallest absolute Gasteiger partial charge is 0.408 e. The molecule has 3 heterocycles. The van der Waals surface area contributed by atoms with Gasteiger partial charge in [-0.2, -0.15) is 13.2 Å². The topological polar surface area (TPSA) is 64.1 Å². The fourth-order valence-corrected chi connectivity index (χ4v) is 6.95. The molecule has 3 aliphatic heterocycles. The molecular formula is C32H39F4N3O3. The Morgan fingerprint density at radius 2 is 1.62 bits per heavy atom. The molecule has 10 heteroatoms. The van der Waals surface area contributed by atoms with Gasteiger partial charge in [-0.05, 0) is 94.5 Å². The van der Waals surface area contributed by atoms with Gasteiger partial charge < -0.3 is 19.8 Å². The number of alkyl halides is 3. The van der Waals surface area contributed by atoms with Crippen molar-refractivity contribution in [1.82, 2.24) is 14.7 Å². The third-order valence-electron chi connectivity index (χ3n) is 9.29. The number of ketones is 1. The number of carbonyl (C=O) groups is 2. The molecule has 3 aliphatic rings. The van der Waals surface area contributed by atoms with Gasteiger partial charge in [0.15, 0.2) is 5.78 Å². The van der Waals surface area contributed by atoms with E-state index in [0.29, 0.717) is 12.1 Å². The Kier molecular flexibility index (Phi) is 9.23. The van der Waals surface area contributed by atoms with Gasteiger partial charge in [-0.15, -0.1) is 0 Å². The van der Waals surface area contributed by atoms with Gasteiger partial charge in [-0.25, -0.2) is 4.39 Å². The van der Waals surface area contributed by atoms with Crippen LogP contribution >= 0.6 is 0 Å². The number of hydrogen-bond donors (Lipinski definition) is 1. The molecule has 0 saturated carbocycles. The molecule has 0 aromatic heterocycles. The average Bonchev–Trinajstić information content (AvgIpc) is 3.43. The number of phenols is 1. The van der Waals surface area contributed by atoms with E-state index in [-0.39, 0.29) is 55.1 Å². The normalized spacial score (nSPS) is 25.4. The van der Waals surface area contributed by atoms with Gasteiger partial charge in [0.25, 0.3) is 0 Å². The van der Waals surface area contributed by atoms with Crippen LogP contribution in [0.2, 0.25) is 0 Å². The number of Topliss-reactive ketones (excluding diaryl/α,β-unsaturated/α-hetero) is 1. The van der Waals surface area contributed by atoms with Crippen LogP contribution in [0.4, 0.5) is 17.6 Å². The van der Waals surface area contributed by atoms with Crippen LogP contribution in [-0.2, 0) is 4.79 Å². The molecule has 1 N–H and O–H groups in total. The maximum Gasteiger partial charge on any atom is 0.408 e. The molecule has 6 nitrogen and oxygen atoms in total. The Hall–Kier alpha value is -2.98. The summed E-state index contributed by atoms with van der Waals surface area (Å²) in [7, 11) is 0. The first kappa shape index (κ1) is 30.5. The van der Waals surface area contributed by atoms with Crippen molar-refractivity contribution in [3.05, 3.63) is 65.0 Å². The number of likely N-dealkylation sites (tertiary alicyclic amines) is 3. The van der Waals surface area contributed by atoms with Crippen molar-refractivity contribution >= 4 is 11.7 Å². The zero-order chi connectivity index (χ0) is 30.0. The number of aromatic hydroxyl groups is 1. The van der Waals surface area contributed by atoms with Crippen molar-refractivity contribution in [3.8, 4) is 5.75 Å². The van der Waals surface area contributed by atoms with Gasteiger partial charge in [0.05, 0.1) is 5.92 Å². The zero-order valence-electron chi connectivity index (χ0n) is 24.0. The number of carbonyl (C=O) groups excluding carboxylic acids is 2. The number of piperidine rings is 1. The number of phenolic OH excluding ortho intramolecular Hbond substituents is 1. The number of nitrogens with zero attached hydrogens (tertiary/aromatic N) is 3. The number of amides is 1. The molecule has 2 aromatic rings. The van der Waals surface area contributed by atoms with E-state index in [1.54, 1.807) is 25.1 Å². The van der Waals surface area contributed by atoms with Gasteiger partial charge in [0.1, 0.15) is 17.6 Å². The van der Waals surface area contributed by atoms with Crippen molar-refractivity contribution in [2.24, 2.45) is 11.8 Å². The maximum absolute atomic E-state index is 14.9. The molecule has 0 unspecified atom stereocenters. The second kappa shape index (κ2) is 12.7. The number of rotatable bonds is 9. The largest absolute Gasteiger partial charge is 0.508 e. The summed E-state index contributed by atoms with van der Waals surface area (Å²) in [5.41, 5.74) is 0.997. The number of unbranched alkanes of at least 4 members (excludes halogenated alkanes) is 1. The molecule has 0 bridgehead atoms. The first-order valence-corrected chi connectivity index (χ1v) is 14.9. The molecule has 228 valence electrons. The van der Waals surface area contributed by atoms with Crippen LogP contribution in [0, 0.1) is 24.6 Å². The molecule has 1 amide bonds. The summed E-state index contributed by atoms with van der Waals surface area (Å²) in [6.07, 6.45) is -1.50. The van der Waals surface area contributed by atoms with E-state index in [2.05, 4.69) is 4.90 Å². The molecule has 0 radical (unpaired) electrons. The highest BCUT2D eigenvalue weighted by atomic mass is 19.4. The fourth-order valence-electron chi connectivity index (χ4n) is 6.95. The molecule has 42 heavy (non-hydrogen) atoms. The van der Waals surface area contributed by atoms with Crippen LogP contribution in [0.15, 0.2) is 42.5 Å². The minimum Gasteiger partial charge on any atom is -0.508 e. The third-order valence-corrected chi connectivity index (χ3v) is 9.29. The first-order valence-electron chi connectivity index (χ1n) is 14.9. The van der Waals surface area contributed by atoms with Crippen molar-refractivity contribution in [1.29, 1.82) is 0 Å². The summed E-state index contributed by atoms with van der Waals surface area (Å²) in [5, 5.41) is 10.1. The summed E-state index contributed by atoms with van der Waals surface area (Å²) >= 11 is 0. The molecular weight excluding hydrogens is 550 g/mol. The average molecular weight is 590 g/mol. The summed E-state index contributed by atoms with van der Waals surface area (Å²) in [6.45, 7) is 5.79. The van der Waals surface area contributed by atoms with Gasteiger partial charge in [0.2, 0.25) is 5.91 Å². The third kappa shape index (κ3) is 6.49. The molecule has 4 atom stereocenters. The predicted octanol–water partition coefficient (Wildman–Crippen LogP) is 5.39. The summed E-state index contributed by atoms with van der Waals surface area (Å²) in [4.78, 5) is 33.6. The monoisotopic (exact) mass is 589 g/mol. The van der Waals surface area contributed by atoms with Crippen molar-refractivity contribution in [3.63, 3.8) is 0 Å². The second-order valence-corrected chi connectivity index (χ2v) is 12.0. The van der Waals surface area contributed by atoms with Crippen LogP contribution < -0.4 is 0 Å². The summed E-state index contributed by atoms with van der Waals surface area (Å²) in [5.74, 6) is -4.16. The molecule has 3 saturated heterocycles. The van der Waals surface area contributed by atoms with Crippen LogP contribution in [0.1, 0.15) is 59.5 Å². The molecule has 0 spiro atoms. The highest BCUT2D eigenvalue weighted by molar-refractivity contribution is 5.99. The van der Waals surface area contributed by atoms with Crippen molar-refractivity contribution in [2.75, 3.05) is 45.8 Å². The van der Waals surface area contributed by atoms with Crippen LogP contribution in [0.5, 0.6) is 5.75 Å². The Bertz CT molecular complexity index is 1280. The zero-order valence-corrected chi connectivity index (χ0v) is 24.0. The van der Waals surface area contributed by atoms with Gasteiger partial charge in [-0.1, -0.05) is 24.3 Å². The fraction of sp³-hybridized carbons (Fsp3) is 0.562. The lowest BCUT2D eigenvalue weighted by Gasteiger charge is -2.45. The second-order valence-electron chi connectivity index (χ2n) is 12.0. The minimum atomic E-state index is -4.56. The lowest BCUT2D eigenvalue weighted by atomic mass is 9.69. The van der Waals surface area contributed by atoms with E-state index >= 15 is 0 Å².